The molecular weight excluding hydrogens is 280 g/mol. The van der Waals surface area contributed by atoms with E-state index in [9.17, 15) is 20.3 Å². The van der Waals surface area contributed by atoms with E-state index in [1.165, 1.54) is 19.2 Å². The number of rotatable bonds is 4. The van der Waals surface area contributed by atoms with Crippen LogP contribution in [0.25, 0.3) is 0 Å². The smallest absolute Gasteiger partial charge is 0.351 e. The number of ether oxygens (including phenoxy) is 1. The molecule has 2 rings (SSSR count). The fraction of sp³-hybridized carbons (Fsp3) is 0.583. The lowest BCUT2D eigenvalue weighted by atomic mass is 9.84. The van der Waals surface area contributed by atoms with Gasteiger partial charge in [0.1, 0.15) is 30.2 Å². The molecule has 4 atom stereocenters. The van der Waals surface area contributed by atoms with Crippen molar-refractivity contribution in [3.8, 4) is 6.07 Å². The van der Waals surface area contributed by atoms with Gasteiger partial charge in [-0.25, -0.2) is 4.79 Å². The van der Waals surface area contributed by atoms with Crippen LogP contribution in [0.4, 0.5) is 5.82 Å². The van der Waals surface area contributed by atoms with Crippen molar-refractivity contribution < 1.29 is 20.1 Å². The quantitative estimate of drug-likeness (QED) is 0.486. The number of aliphatic hydroxyl groups excluding tert-OH is 3. The van der Waals surface area contributed by atoms with Gasteiger partial charge in [0.15, 0.2) is 6.23 Å². The molecule has 1 aromatic heterocycles. The number of aliphatic hydroxyl groups is 3. The molecule has 9 heteroatoms. The Morgan fingerprint density at radius 2 is 2.33 bits per heavy atom. The summed E-state index contributed by atoms with van der Waals surface area (Å²) in [5, 5.41) is 39.8. The Bertz CT molecular complexity index is 612. The van der Waals surface area contributed by atoms with Gasteiger partial charge in [-0.15, -0.1) is 0 Å². The summed E-state index contributed by atoms with van der Waals surface area (Å²) in [4.78, 5) is 15.7. The van der Waals surface area contributed by atoms with Crippen LogP contribution in [0.3, 0.4) is 0 Å². The lowest BCUT2D eigenvalue weighted by Crippen LogP contribution is -2.39. The highest BCUT2D eigenvalue weighted by Gasteiger charge is 2.54. The molecule has 1 saturated heterocycles. The number of nitrogens with one attached hydrogen (secondary N) is 1. The Balaban J connectivity index is 2.41. The molecule has 9 nitrogen and oxygen atoms in total. The molecular formula is C12H16N4O5. The lowest BCUT2D eigenvalue weighted by Gasteiger charge is -2.25. The van der Waals surface area contributed by atoms with E-state index in [-0.39, 0.29) is 12.5 Å². The van der Waals surface area contributed by atoms with Crippen molar-refractivity contribution in [2.45, 2.75) is 25.4 Å². The van der Waals surface area contributed by atoms with Crippen molar-refractivity contribution >= 4 is 5.82 Å². The van der Waals surface area contributed by atoms with E-state index < -0.39 is 36.1 Å². The molecule has 1 aliphatic rings. The summed E-state index contributed by atoms with van der Waals surface area (Å²) < 4.78 is 6.50. The molecule has 0 saturated carbocycles. The van der Waals surface area contributed by atoms with Crippen LogP contribution in [0.15, 0.2) is 17.1 Å². The van der Waals surface area contributed by atoms with Crippen LogP contribution in [0.2, 0.25) is 0 Å². The molecule has 0 bridgehead atoms. The Kier molecular flexibility index (Phi) is 4.24. The van der Waals surface area contributed by atoms with Gasteiger partial charge in [0.2, 0.25) is 0 Å². The van der Waals surface area contributed by atoms with Gasteiger partial charge in [-0.2, -0.15) is 10.2 Å². The maximum Gasteiger partial charge on any atom is 0.351 e. The summed E-state index contributed by atoms with van der Waals surface area (Å²) in [6, 6.07) is 3.37. The highest BCUT2D eigenvalue weighted by Crippen LogP contribution is 2.44. The zero-order valence-corrected chi connectivity index (χ0v) is 11.3. The predicted molar refractivity (Wildman–Crippen MR) is 69.9 cm³/mol. The first-order valence-corrected chi connectivity index (χ1v) is 6.27. The highest BCUT2D eigenvalue weighted by molar-refractivity contribution is 5.31. The Morgan fingerprint density at radius 1 is 1.62 bits per heavy atom. The van der Waals surface area contributed by atoms with Crippen LogP contribution in [0.1, 0.15) is 13.2 Å². The summed E-state index contributed by atoms with van der Waals surface area (Å²) in [5.41, 5.74) is -2.10. The summed E-state index contributed by atoms with van der Waals surface area (Å²) in [6.07, 6.45) is -1.92. The Labute approximate surface area is 120 Å². The third kappa shape index (κ3) is 2.50. The fourth-order valence-electron chi connectivity index (χ4n) is 2.30. The van der Waals surface area contributed by atoms with E-state index in [4.69, 9.17) is 9.84 Å². The zero-order valence-electron chi connectivity index (χ0n) is 11.3. The van der Waals surface area contributed by atoms with E-state index in [0.717, 1.165) is 4.57 Å². The van der Waals surface area contributed by atoms with Crippen molar-refractivity contribution in [2.75, 3.05) is 18.7 Å². The van der Waals surface area contributed by atoms with Crippen LogP contribution in [0, 0.1) is 16.7 Å². The number of hydrogen-bond acceptors (Lipinski definition) is 8. The predicted octanol–water partition coefficient (Wildman–Crippen LogP) is -1.61. The lowest BCUT2D eigenvalue weighted by molar-refractivity contribution is -0.0503. The number of hydrogen-bond donors (Lipinski definition) is 4. The van der Waals surface area contributed by atoms with Crippen LogP contribution in [0.5, 0.6) is 0 Å². The minimum absolute atomic E-state index is 0.176. The molecule has 0 radical (unpaired) electrons. The van der Waals surface area contributed by atoms with Crippen molar-refractivity contribution in [2.24, 2.45) is 5.41 Å². The molecule has 21 heavy (non-hydrogen) atoms. The summed E-state index contributed by atoms with van der Waals surface area (Å²) in [5.74, 6) is 0.176. The first-order valence-electron chi connectivity index (χ1n) is 6.27. The molecule has 2 heterocycles. The summed E-state index contributed by atoms with van der Waals surface area (Å²) >= 11 is 0. The number of aromatic nitrogens is 2. The summed E-state index contributed by atoms with van der Waals surface area (Å²) in [6.45, 7) is 0.600. The fourth-order valence-corrected chi connectivity index (χ4v) is 2.30. The molecule has 1 fully saturated rings. The van der Waals surface area contributed by atoms with Gasteiger partial charge in [0.05, 0.1) is 12.7 Å². The Morgan fingerprint density at radius 3 is 2.86 bits per heavy atom. The van der Waals surface area contributed by atoms with Crippen LogP contribution in [-0.4, -0.2) is 50.4 Å². The highest BCUT2D eigenvalue weighted by atomic mass is 16.5. The first-order chi connectivity index (χ1) is 9.97. The second-order valence-corrected chi connectivity index (χ2v) is 4.89. The van der Waals surface area contributed by atoms with Crippen LogP contribution < -0.4 is 11.0 Å². The maximum atomic E-state index is 12.0. The van der Waals surface area contributed by atoms with E-state index in [1.54, 1.807) is 0 Å². The average Bonchev–Trinajstić information content (AvgIpc) is 2.73. The van der Waals surface area contributed by atoms with Gasteiger partial charge in [-0.05, 0) is 13.0 Å². The maximum absolute atomic E-state index is 12.0. The van der Waals surface area contributed by atoms with Gasteiger partial charge in [-0.1, -0.05) is 0 Å². The topological polar surface area (TPSA) is 141 Å². The van der Waals surface area contributed by atoms with Crippen molar-refractivity contribution in [1.29, 1.82) is 5.26 Å². The minimum Gasteiger partial charge on any atom is -0.394 e. The van der Waals surface area contributed by atoms with Gasteiger partial charge < -0.3 is 25.4 Å². The van der Waals surface area contributed by atoms with Gasteiger partial charge in [-0.3, -0.25) is 4.57 Å². The monoisotopic (exact) mass is 296 g/mol. The SMILES string of the molecule is C[C@]1(C#N)C(n2ccc(NCO)nc2=O)O[C@H](CO)[C@H]1O. The van der Waals surface area contributed by atoms with Crippen molar-refractivity contribution in [1.82, 2.24) is 9.55 Å². The van der Waals surface area contributed by atoms with Crippen LogP contribution >= 0.6 is 0 Å². The third-order valence-corrected chi connectivity index (χ3v) is 3.55. The second-order valence-electron chi connectivity index (χ2n) is 4.89. The van der Waals surface area contributed by atoms with E-state index in [0.29, 0.717) is 0 Å². The molecule has 1 aromatic rings. The molecule has 1 unspecified atom stereocenters. The average molecular weight is 296 g/mol. The molecule has 0 amide bonds. The van der Waals surface area contributed by atoms with Crippen molar-refractivity contribution in [3.63, 3.8) is 0 Å². The molecule has 4 N–H and O–H groups in total. The molecule has 0 spiro atoms. The second kappa shape index (κ2) is 5.79. The molecule has 114 valence electrons. The number of nitrogens with zero attached hydrogens (tertiary/aromatic N) is 3. The normalized spacial score (nSPS) is 31.9. The largest absolute Gasteiger partial charge is 0.394 e. The van der Waals surface area contributed by atoms with Gasteiger partial charge in [0.25, 0.3) is 0 Å². The standard InChI is InChI=1S/C12H16N4O5/c1-12(5-13)9(19)7(4-17)21-10(12)16-3-2-8(14-6-18)15-11(16)20/h2-3,7,9-10,17-19H,4,6H2,1H3,(H,14,15,20)/t7-,9-,10?,12-/m1/s1. The Hall–Kier alpha value is -1.99. The van der Waals surface area contributed by atoms with Crippen LogP contribution in [-0.2, 0) is 4.74 Å². The molecule has 0 aromatic carbocycles. The third-order valence-electron chi connectivity index (χ3n) is 3.55. The van der Waals surface area contributed by atoms with Gasteiger partial charge >= 0.3 is 5.69 Å². The van der Waals surface area contributed by atoms with E-state index in [1.807, 2.05) is 6.07 Å². The van der Waals surface area contributed by atoms with E-state index >= 15 is 0 Å². The number of anilines is 1. The van der Waals surface area contributed by atoms with Gasteiger partial charge in [0, 0.05) is 6.20 Å². The zero-order chi connectivity index (χ0) is 15.6. The molecule has 0 aliphatic carbocycles. The summed E-state index contributed by atoms with van der Waals surface area (Å²) in [7, 11) is 0. The first kappa shape index (κ1) is 15.4. The molecule has 1 aliphatic heterocycles. The van der Waals surface area contributed by atoms with E-state index in [2.05, 4.69) is 10.3 Å². The minimum atomic E-state index is -1.40. The van der Waals surface area contributed by atoms with Crippen molar-refractivity contribution in [3.05, 3.63) is 22.7 Å². The number of nitriles is 1.